The van der Waals surface area contributed by atoms with Gasteiger partial charge >= 0.3 is 0 Å². The van der Waals surface area contributed by atoms with Crippen LogP contribution in [0.15, 0.2) is 5.38 Å². The van der Waals surface area contributed by atoms with Crippen molar-refractivity contribution in [2.24, 2.45) is 5.73 Å². The second kappa shape index (κ2) is 11.0. The molecule has 7 heteroatoms. The van der Waals surface area contributed by atoms with Crippen molar-refractivity contribution in [3.63, 3.8) is 0 Å². The molecule has 0 bridgehead atoms. The first-order chi connectivity index (χ1) is 7.67. The summed E-state index contributed by atoms with van der Waals surface area (Å²) in [5.74, 6) is 0. The maximum Gasteiger partial charge on any atom is 0.122 e. The zero-order chi connectivity index (χ0) is 12.0. The van der Waals surface area contributed by atoms with E-state index >= 15 is 0 Å². The van der Waals surface area contributed by atoms with E-state index in [1.807, 2.05) is 13.8 Å². The van der Waals surface area contributed by atoms with Crippen LogP contribution in [0.1, 0.15) is 30.7 Å². The molecule has 0 aromatic carbocycles. The summed E-state index contributed by atoms with van der Waals surface area (Å²) in [7, 11) is 2.05. The quantitative estimate of drug-likeness (QED) is 0.839. The third-order valence-corrected chi connectivity index (χ3v) is 3.33. The summed E-state index contributed by atoms with van der Waals surface area (Å²) in [6.45, 7) is 7.20. The van der Waals surface area contributed by atoms with Crippen LogP contribution in [0.25, 0.3) is 0 Å². The largest absolute Gasteiger partial charge is 0.372 e. The lowest BCUT2D eigenvalue weighted by Crippen LogP contribution is -2.25. The van der Waals surface area contributed by atoms with E-state index < -0.39 is 0 Å². The van der Waals surface area contributed by atoms with E-state index in [2.05, 4.69) is 22.3 Å². The highest BCUT2D eigenvalue weighted by Gasteiger charge is 2.10. The monoisotopic (exact) mass is 315 g/mol. The second-order valence-corrected chi connectivity index (χ2v) is 4.69. The first kappa shape index (κ1) is 20.4. The Morgan fingerprint density at radius 2 is 2.17 bits per heavy atom. The summed E-state index contributed by atoms with van der Waals surface area (Å²) in [5.41, 5.74) is 6.60. The fourth-order valence-electron chi connectivity index (χ4n) is 1.48. The van der Waals surface area contributed by atoms with Crippen LogP contribution in [-0.2, 0) is 11.3 Å². The van der Waals surface area contributed by atoms with Gasteiger partial charge in [0.25, 0.3) is 0 Å². The average molecular weight is 316 g/mol. The molecular formula is C11H23Cl2N3OS. The Bertz CT molecular complexity index is 312. The summed E-state index contributed by atoms with van der Waals surface area (Å²) in [5, 5.41) is 3.15. The fraction of sp³-hybridized carbons (Fsp3) is 0.727. The Balaban J connectivity index is 0. The molecule has 1 rings (SSSR count). The molecule has 0 spiro atoms. The molecule has 1 aromatic heterocycles. The zero-order valence-electron chi connectivity index (χ0n) is 11.1. The highest BCUT2D eigenvalue weighted by Crippen LogP contribution is 2.21. The molecule has 1 aromatic rings. The highest BCUT2D eigenvalue weighted by atomic mass is 35.5. The Kier molecular flexibility index (Phi) is 12.4. The Morgan fingerprint density at radius 1 is 1.50 bits per heavy atom. The number of ether oxygens (including phenoxy) is 1. The minimum Gasteiger partial charge on any atom is -0.372 e. The molecule has 1 unspecified atom stereocenters. The van der Waals surface area contributed by atoms with Gasteiger partial charge in [0.2, 0.25) is 0 Å². The lowest BCUT2D eigenvalue weighted by Gasteiger charge is -2.13. The minimum atomic E-state index is 0. The molecule has 4 nitrogen and oxygen atoms in total. The van der Waals surface area contributed by atoms with Crippen molar-refractivity contribution in [1.82, 2.24) is 9.88 Å². The normalized spacial score (nSPS) is 11.8. The number of halogens is 2. The number of rotatable bonds is 7. The van der Waals surface area contributed by atoms with Crippen LogP contribution in [0.4, 0.5) is 0 Å². The van der Waals surface area contributed by atoms with E-state index in [0.29, 0.717) is 6.54 Å². The van der Waals surface area contributed by atoms with Crippen molar-refractivity contribution in [2.75, 3.05) is 26.7 Å². The van der Waals surface area contributed by atoms with Crippen molar-refractivity contribution in [3.05, 3.63) is 16.1 Å². The Morgan fingerprint density at radius 3 is 2.72 bits per heavy atom. The summed E-state index contributed by atoms with van der Waals surface area (Å²) in [4.78, 5) is 6.73. The van der Waals surface area contributed by atoms with Crippen LogP contribution in [0.2, 0.25) is 0 Å². The number of hydrogen-bond donors (Lipinski definition) is 1. The molecule has 0 aliphatic heterocycles. The number of thiazole rings is 1. The van der Waals surface area contributed by atoms with Crippen molar-refractivity contribution < 1.29 is 4.74 Å². The third-order valence-electron chi connectivity index (χ3n) is 2.28. The van der Waals surface area contributed by atoms with Crippen LogP contribution in [0.3, 0.4) is 0 Å². The van der Waals surface area contributed by atoms with Crippen molar-refractivity contribution in [2.45, 2.75) is 26.5 Å². The van der Waals surface area contributed by atoms with E-state index in [1.54, 1.807) is 11.3 Å². The molecule has 0 fully saturated rings. The van der Waals surface area contributed by atoms with Gasteiger partial charge in [0, 0.05) is 31.6 Å². The van der Waals surface area contributed by atoms with Gasteiger partial charge in [0.1, 0.15) is 11.1 Å². The molecule has 1 atom stereocenters. The van der Waals surface area contributed by atoms with Gasteiger partial charge in [0.05, 0.1) is 5.69 Å². The molecule has 2 N–H and O–H groups in total. The van der Waals surface area contributed by atoms with Crippen molar-refractivity contribution >= 4 is 36.2 Å². The van der Waals surface area contributed by atoms with Crippen molar-refractivity contribution in [1.29, 1.82) is 0 Å². The number of likely N-dealkylation sites (N-methyl/N-ethyl adjacent to an activating group) is 1. The van der Waals surface area contributed by atoms with Gasteiger partial charge in [-0.15, -0.1) is 36.2 Å². The van der Waals surface area contributed by atoms with E-state index in [9.17, 15) is 0 Å². The van der Waals surface area contributed by atoms with Crippen LogP contribution in [0.5, 0.6) is 0 Å². The van der Waals surface area contributed by atoms with Crippen LogP contribution >= 0.6 is 36.2 Å². The zero-order valence-corrected chi connectivity index (χ0v) is 13.5. The first-order valence-electron chi connectivity index (χ1n) is 5.61. The molecule has 108 valence electrons. The second-order valence-electron chi connectivity index (χ2n) is 3.80. The minimum absolute atomic E-state index is 0. The molecular weight excluding hydrogens is 293 g/mol. The van der Waals surface area contributed by atoms with Gasteiger partial charge in [-0.3, -0.25) is 4.90 Å². The topological polar surface area (TPSA) is 51.4 Å². The molecule has 0 amide bonds. The maximum atomic E-state index is 5.51. The van der Waals surface area contributed by atoms with E-state index in [4.69, 9.17) is 10.5 Å². The van der Waals surface area contributed by atoms with Crippen LogP contribution in [0, 0.1) is 0 Å². The molecule has 0 aliphatic rings. The third kappa shape index (κ3) is 6.87. The summed E-state index contributed by atoms with van der Waals surface area (Å²) < 4.78 is 5.51. The van der Waals surface area contributed by atoms with E-state index in [1.165, 1.54) is 0 Å². The predicted octanol–water partition coefficient (Wildman–Crippen LogP) is 2.47. The van der Waals surface area contributed by atoms with E-state index in [-0.39, 0.29) is 30.9 Å². The predicted molar refractivity (Wildman–Crippen MR) is 82.0 cm³/mol. The molecule has 0 aliphatic carbocycles. The van der Waals surface area contributed by atoms with Crippen LogP contribution < -0.4 is 5.73 Å². The van der Waals surface area contributed by atoms with Gasteiger partial charge in [-0.25, -0.2) is 4.98 Å². The fourth-order valence-corrected chi connectivity index (χ4v) is 2.29. The smallest absolute Gasteiger partial charge is 0.122 e. The lowest BCUT2D eigenvalue weighted by atomic mass is 10.4. The number of hydrogen-bond acceptors (Lipinski definition) is 5. The van der Waals surface area contributed by atoms with Crippen molar-refractivity contribution in [3.8, 4) is 0 Å². The Hall–Kier alpha value is 0.0900. The standard InChI is InChI=1S/C11H21N3OS.2ClH/c1-4-15-9(2)11-13-10(8-16-11)7-14(3)6-5-12;;/h8-9H,4-7,12H2,1-3H3;2*1H. The SMILES string of the molecule is CCOC(C)c1nc(CN(C)CCN)cs1.Cl.Cl. The number of aromatic nitrogens is 1. The molecule has 0 radical (unpaired) electrons. The van der Waals surface area contributed by atoms with E-state index in [0.717, 1.165) is 30.4 Å². The van der Waals surface area contributed by atoms with Gasteiger partial charge < -0.3 is 10.5 Å². The Labute approximate surface area is 126 Å². The maximum absolute atomic E-state index is 5.51. The molecule has 1 heterocycles. The molecule has 18 heavy (non-hydrogen) atoms. The number of nitrogens with zero attached hydrogens (tertiary/aromatic N) is 2. The summed E-state index contributed by atoms with van der Waals surface area (Å²) in [6.07, 6.45) is 0.101. The van der Waals surface area contributed by atoms with Gasteiger partial charge in [0.15, 0.2) is 0 Å². The lowest BCUT2D eigenvalue weighted by molar-refractivity contribution is 0.0760. The molecule has 0 saturated heterocycles. The average Bonchev–Trinajstić information content (AvgIpc) is 2.67. The van der Waals surface area contributed by atoms with Crippen LogP contribution in [-0.4, -0.2) is 36.6 Å². The summed E-state index contributed by atoms with van der Waals surface area (Å²) in [6, 6.07) is 0. The summed E-state index contributed by atoms with van der Waals surface area (Å²) >= 11 is 1.66. The van der Waals surface area contributed by atoms with Gasteiger partial charge in [-0.1, -0.05) is 0 Å². The molecule has 0 saturated carbocycles. The van der Waals surface area contributed by atoms with Gasteiger partial charge in [-0.2, -0.15) is 0 Å². The van der Waals surface area contributed by atoms with Gasteiger partial charge in [-0.05, 0) is 20.9 Å². The first-order valence-corrected chi connectivity index (χ1v) is 6.49. The highest BCUT2D eigenvalue weighted by molar-refractivity contribution is 7.09. The number of nitrogens with two attached hydrogens (primary N) is 1.